The van der Waals surface area contributed by atoms with Crippen LogP contribution in [-0.4, -0.2) is 47.0 Å². The van der Waals surface area contributed by atoms with E-state index in [1.807, 2.05) is 0 Å². The molecule has 1 fully saturated rings. The van der Waals surface area contributed by atoms with Gasteiger partial charge in [-0.05, 0) is 26.9 Å². The third-order valence-electron chi connectivity index (χ3n) is 4.16. The molecule has 0 bridgehead atoms. The summed E-state index contributed by atoms with van der Waals surface area (Å²) in [6.07, 6.45) is 8.74. The van der Waals surface area contributed by atoms with Crippen molar-refractivity contribution < 1.29 is 4.79 Å². The molecular weight excluding hydrogens is 276 g/mol. The van der Waals surface area contributed by atoms with Crippen molar-refractivity contribution >= 4 is 17.5 Å². The predicted molar refractivity (Wildman–Crippen MR) is 78.9 cm³/mol. The van der Waals surface area contributed by atoms with E-state index >= 15 is 0 Å². The number of nitrogens with one attached hydrogen (secondary N) is 1. The van der Waals surface area contributed by atoms with Gasteiger partial charge in [0.1, 0.15) is 10.8 Å². The lowest BCUT2D eigenvalue weighted by atomic mass is 9.80. The standard InChI is InChI=1S/C14H21ClN4O/c1-19(2)14(6-4-3-5-7-14)10-18-13(20)11-8-17-12(15)9-16-11/h8-9H,3-7,10H2,1-2H3,(H,18,20). The van der Waals surface area contributed by atoms with Gasteiger partial charge in [-0.3, -0.25) is 4.79 Å². The lowest BCUT2D eigenvalue weighted by Crippen LogP contribution is -2.53. The summed E-state index contributed by atoms with van der Waals surface area (Å²) in [6.45, 7) is 0.642. The molecule has 0 saturated heterocycles. The molecule has 110 valence electrons. The third kappa shape index (κ3) is 3.46. The van der Waals surface area contributed by atoms with Gasteiger partial charge in [-0.25, -0.2) is 9.97 Å². The summed E-state index contributed by atoms with van der Waals surface area (Å²) < 4.78 is 0. The van der Waals surface area contributed by atoms with E-state index in [2.05, 4.69) is 34.3 Å². The van der Waals surface area contributed by atoms with Gasteiger partial charge < -0.3 is 10.2 Å². The van der Waals surface area contributed by atoms with E-state index in [9.17, 15) is 4.79 Å². The van der Waals surface area contributed by atoms with Crippen LogP contribution in [0.2, 0.25) is 5.15 Å². The molecular formula is C14H21ClN4O. The molecule has 1 aromatic rings. The van der Waals surface area contributed by atoms with Gasteiger partial charge in [0.15, 0.2) is 0 Å². The van der Waals surface area contributed by atoms with Gasteiger partial charge >= 0.3 is 0 Å². The Hall–Kier alpha value is -1.20. The molecule has 1 saturated carbocycles. The maximum absolute atomic E-state index is 12.1. The van der Waals surface area contributed by atoms with E-state index in [0.29, 0.717) is 17.4 Å². The summed E-state index contributed by atoms with van der Waals surface area (Å²) >= 11 is 5.67. The van der Waals surface area contributed by atoms with Crippen LogP contribution in [0, 0.1) is 0 Å². The fourth-order valence-electron chi connectivity index (χ4n) is 2.76. The molecule has 0 aliphatic heterocycles. The van der Waals surface area contributed by atoms with Crippen LogP contribution >= 0.6 is 11.6 Å². The van der Waals surface area contributed by atoms with Gasteiger partial charge in [0.2, 0.25) is 0 Å². The van der Waals surface area contributed by atoms with E-state index in [4.69, 9.17) is 11.6 Å². The van der Waals surface area contributed by atoms with Crippen LogP contribution in [0.25, 0.3) is 0 Å². The van der Waals surface area contributed by atoms with Crippen molar-refractivity contribution in [2.75, 3.05) is 20.6 Å². The van der Waals surface area contributed by atoms with Crippen molar-refractivity contribution in [1.82, 2.24) is 20.2 Å². The Balaban J connectivity index is 1.98. The molecule has 0 unspecified atom stereocenters. The highest BCUT2D eigenvalue weighted by atomic mass is 35.5. The Morgan fingerprint density at radius 2 is 2.00 bits per heavy atom. The molecule has 1 amide bonds. The molecule has 1 aliphatic carbocycles. The van der Waals surface area contributed by atoms with Crippen LogP contribution < -0.4 is 5.32 Å². The van der Waals surface area contributed by atoms with Crippen molar-refractivity contribution in [1.29, 1.82) is 0 Å². The Kier molecular flexibility index (Phi) is 4.94. The SMILES string of the molecule is CN(C)C1(CNC(=O)c2cnc(Cl)cn2)CCCCC1. The minimum absolute atomic E-state index is 0.0633. The zero-order valence-corrected chi connectivity index (χ0v) is 12.8. The van der Waals surface area contributed by atoms with Gasteiger partial charge in [-0.2, -0.15) is 0 Å². The van der Waals surface area contributed by atoms with Gasteiger partial charge in [0.05, 0.1) is 12.4 Å². The number of amides is 1. The highest BCUT2D eigenvalue weighted by Crippen LogP contribution is 2.31. The number of carbonyl (C=O) groups excluding carboxylic acids is 1. The van der Waals surface area contributed by atoms with Crippen molar-refractivity contribution in [3.8, 4) is 0 Å². The molecule has 1 heterocycles. The number of rotatable bonds is 4. The van der Waals surface area contributed by atoms with Crippen LogP contribution in [0.3, 0.4) is 0 Å². The molecule has 0 aromatic carbocycles. The van der Waals surface area contributed by atoms with Crippen molar-refractivity contribution in [2.45, 2.75) is 37.6 Å². The second-order valence-corrected chi connectivity index (χ2v) is 5.97. The first kappa shape index (κ1) is 15.2. The number of hydrogen-bond acceptors (Lipinski definition) is 4. The minimum atomic E-state index is -0.194. The van der Waals surface area contributed by atoms with Crippen LogP contribution in [0.4, 0.5) is 0 Å². The number of hydrogen-bond donors (Lipinski definition) is 1. The molecule has 0 radical (unpaired) electrons. The van der Waals surface area contributed by atoms with E-state index in [-0.39, 0.29) is 11.4 Å². The molecule has 2 rings (SSSR count). The van der Waals surface area contributed by atoms with Crippen LogP contribution in [0.15, 0.2) is 12.4 Å². The maximum atomic E-state index is 12.1. The van der Waals surface area contributed by atoms with Crippen LogP contribution in [0.5, 0.6) is 0 Å². The van der Waals surface area contributed by atoms with Crippen molar-refractivity contribution in [2.24, 2.45) is 0 Å². The van der Waals surface area contributed by atoms with Crippen molar-refractivity contribution in [3.63, 3.8) is 0 Å². The van der Waals surface area contributed by atoms with Crippen LogP contribution in [-0.2, 0) is 0 Å². The Morgan fingerprint density at radius 1 is 1.30 bits per heavy atom. The highest BCUT2D eigenvalue weighted by Gasteiger charge is 2.34. The molecule has 6 heteroatoms. The second-order valence-electron chi connectivity index (χ2n) is 5.59. The molecule has 0 spiro atoms. The normalized spacial score (nSPS) is 18.0. The quantitative estimate of drug-likeness (QED) is 0.925. The lowest BCUT2D eigenvalue weighted by Gasteiger charge is -2.43. The van der Waals surface area contributed by atoms with E-state index in [1.54, 1.807) is 0 Å². The average molecular weight is 297 g/mol. The smallest absolute Gasteiger partial charge is 0.271 e. The number of aromatic nitrogens is 2. The Labute approximate surface area is 124 Å². The molecule has 0 atom stereocenters. The van der Waals surface area contributed by atoms with E-state index < -0.39 is 0 Å². The highest BCUT2D eigenvalue weighted by molar-refractivity contribution is 6.29. The van der Waals surface area contributed by atoms with E-state index in [1.165, 1.54) is 31.7 Å². The van der Waals surface area contributed by atoms with E-state index in [0.717, 1.165) is 12.8 Å². The van der Waals surface area contributed by atoms with Gasteiger partial charge in [0, 0.05) is 12.1 Å². The first-order valence-corrected chi connectivity index (χ1v) is 7.34. The average Bonchev–Trinajstić information content (AvgIpc) is 2.46. The second kappa shape index (κ2) is 6.50. The maximum Gasteiger partial charge on any atom is 0.271 e. The van der Waals surface area contributed by atoms with Crippen LogP contribution in [0.1, 0.15) is 42.6 Å². The number of nitrogens with zero attached hydrogens (tertiary/aromatic N) is 3. The molecule has 1 aliphatic rings. The summed E-state index contributed by atoms with van der Waals surface area (Å²) in [5, 5.41) is 3.27. The molecule has 1 N–H and O–H groups in total. The Morgan fingerprint density at radius 3 is 2.55 bits per heavy atom. The summed E-state index contributed by atoms with van der Waals surface area (Å²) in [5.41, 5.74) is 0.368. The summed E-state index contributed by atoms with van der Waals surface area (Å²) in [7, 11) is 4.17. The fraction of sp³-hybridized carbons (Fsp3) is 0.643. The topological polar surface area (TPSA) is 58.1 Å². The lowest BCUT2D eigenvalue weighted by molar-refractivity contribution is 0.0796. The third-order valence-corrected chi connectivity index (χ3v) is 4.36. The largest absolute Gasteiger partial charge is 0.349 e. The summed E-state index contributed by atoms with van der Waals surface area (Å²) in [4.78, 5) is 22.2. The zero-order chi connectivity index (χ0) is 14.6. The molecule has 1 aromatic heterocycles. The Bertz CT molecular complexity index is 455. The zero-order valence-electron chi connectivity index (χ0n) is 12.0. The van der Waals surface area contributed by atoms with Gasteiger partial charge in [-0.1, -0.05) is 30.9 Å². The van der Waals surface area contributed by atoms with Gasteiger partial charge in [0.25, 0.3) is 5.91 Å². The predicted octanol–water partition coefficient (Wildman–Crippen LogP) is 2.12. The van der Waals surface area contributed by atoms with Crippen molar-refractivity contribution in [3.05, 3.63) is 23.2 Å². The number of carbonyl (C=O) groups is 1. The van der Waals surface area contributed by atoms with Gasteiger partial charge in [-0.15, -0.1) is 0 Å². The summed E-state index contributed by atoms with van der Waals surface area (Å²) in [5.74, 6) is -0.194. The summed E-state index contributed by atoms with van der Waals surface area (Å²) in [6, 6.07) is 0. The number of halogens is 1. The molecule has 5 nitrogen and oxygen atoms in total. The number of likely N-dealkylation sites (N-methyl/N-ethyl adjacent to an activating group) is 1. The first-order valence-electron chi connectivity index (χ1n) is 6.97. The fourth-order valence-corrected chi connectivity index (χ4v) is 2.85. The first-order chi connectivity index (χ1) is 9.53. The monoisotopic (exact) mass is 296 g/mol. The molecule has 20 heavy (non-hydrogen) atoms. The minimum Gasteiger partial charge on any atom is -0.349 e.